The van der Waals surface area contributed by atoms with E-state index in [0.717, 1.165) is 16.1 Å². The van der Waals surface area contributed by atoms with Crippen molar-refractivity contribution in [2.75, 3.05) is 7.11 Å². The lowest BCUT2D eigenvalue weighted by atomic mass is 10.2. The zero-order chi connectivity index (χ0) is 19.9. The molecule has 28 heavy (non-hydrogen) atoms. The first kappa shape index (κ1) is 19.6. The molecule has 6 nitrogen and oxygen atoms in total. The Morgan fingerprint density at radius 3 is 2.57 bits per heavy atom. The maximum atomic E-state index is 12.3. The van der Waals surface area contributed by atoms with Gasteiger partial charge in [0.15, 0.2) is 11.8 Å². The summed E-state index contributed by atoms with van der Waals surface area (Å²) in [6, 6.07) is 17.0. The van der Waals surface area contributed by atoms with Crippen molar-refractivity contribution >= 4 is 23.2 Å². The number of amides is 1. The normalized spacial score (nSPS) is 11.5. The molecule has 0 aliphatic rings. The highest BCUT2D eigenvalue weighted by atomic mass is 32.1. The summed E-state index contributed by atoms with van der Waals surface area (Å²) < 4.78 is 10.5. The first-order valence-corrected chi connectivity index (χ1v) is 9.58. The molecule has 0 saturated carbocycles. The van der Waals surface area contributed by atoms with Crippen molar-refractivity contribution < 1.29 is 19.1 Å². The number of benzene rings is 2. The Balaban J connectivity index is 1.56. The van der Waals surface area contributed by atoms with Crippen molar-refractivity contribution in [3.05, 3.63) is 71.2 Å². The van der Waals surface area contributed by atoms with Crippen LogP contribution in [0.2, 0.25) is 0 Å². The Hall–Kier alpha value is -3.19. The average molecular weight is 396 g/mol. The van der Waals surface area contributed by atoms with Crippen LogP contribution in [0.1, 0.15) is 23.0 Å². The van der Waals surface area contributed by atoms with Crippen molar-refractivity contribution in [3.63, 3.8) is 0 Å². The molecule has 2 aromatic carbocycles. The third-order valence-electron chi connectivity index (χ3n) is 4.03. The van der Waals surface area contributed by atoms with Gasteiger partial charge in [0, 0.05) is 23.1 Å². The molecule has 0 fully saturated rings. The standard InChI is InChI=1S/C21H20N2O4S/c1-14(19(24)22-12-16-10-6-7-11-18(16)26-2)27-21(25)17-13-28-20(23-17)15-8-4-3-5-9-15/h3-11,13-14H,12H2,1-2H3,(H,22,24)/t14-/m1/s1. The van der Waals surface area contributed by atoms with Gasteiger partial charge in [-0.1, -0.05) is 48.5 Å². The van der Waals surface area contributed by atoms with Crippen LogP contribution >= 0.6 is 11.3 Å². The van der Waals surface area contributed by atoms with E-state index < -0.39 is 18.0 Å². The van der Waals surface area contributed by atoms with E-state index in [9.17, 15) is 9.59 Å². The van der Waals surface area contributed by atoms with Crippen molar-refractivity contribution in [2.45, 2.75) is 19.6 Å². The highest BCUT2D eigenvalue weighted by molar-refractivity contribution is 7.13. The Bertz CT molecular complexity index is 956. The molecule has 0 aliphatic carbocycles. The maximum Gasteiger partial charge on any atom is 0.358 e. The van der Waals surface area contributed by atoms with Gasteiger partial charge in [-0.05, 0) is 13.0 Å². The summed E-state index contributed by atoms with van der Waals surface area (Å²) in [5.74, 6) is -0.334. The SMILES string of the molecule is COc1ccccc1CNC(=O)[C@@H](C)OC(=O)c1csc(-c2ccccc2)n1. The molecule has 0 radical (unpaired) electrons. The number of nitrogens with one attached hydrogen (secondary N) is 1. The Labute approximate surface area is 167 Å². The molecule has 0 saturated heterocycles. The Morgan fingerprint density at radius 1 is 1.11 bits per heavy atom. The van der Waals surface area contributed by atoms with Crippen LogP contribution < -0.4 is 10.1 Å². The lowest BCUT2D eigenvalue weighted by Crippen LogP contribution is -2.35. The minimum absolute atomic E-state index is 0.188. The van der Waals surface area contributed by atoms with Gasteiger partial charge in [0.2, 0.25) is 0 Å². The molecule has 3 aromatic rings. The third kappa shape index (κ3) is 4.75. The number of hydrogen-bond acceptors (Lipinski definition) is 6. The number of nitrogens with zero attached hydrogens (tertiary/aromatic N) is 1. The summed E-state index contributed by atoms with van der Waals surface area (Å²) in [4.78, 5) is 28.9. The first-order valence-electron chi connectivity index (χ1n) is 8.70. The number of esters is 1. The van der Waals surface area contributed by atoms with Gasteiger partial charge in [0.05, 0.1) is 7.11 Å². The zero-order valence-electron chi connectivity index (χ0n) is 15.5. The zero-order valence-corrected chi connectivity index (χ0v) is 16.4. The minimum atomic E-state index is -0.941. The molecule has 1 atom stereocenters. The molecule has 144 valence electrons. The smallest absolute Gasteiger partial charge is 0.358 e. The largest absolute Gasteiger partial charge is 0.496 e. The second kappa shape index (κ2) is 9.14. The molecular formula is C21H20N2O4S. The van der Waals surface area contributed by atoms with Crippen LogP contribution in [0.3, 0.4) is 0 Å². The number of carbonyl (C=O) groups excluding carboxylic acids is 2. The number of carbonyl (C=O) groups is 2. The molecule has 1 amide bonds. The summed E-state index contributed by atoms with van der Waals surface area (Å²) in [7, 11) is 1.57. The van der Waals surface area contributed by atoms with Crippen LogP contribution in [0, 0.1) is 0 Å². The number of methoxy groups -OCH3 is 1. The van der Waals surface area contributed by atoms with Crippen LogP contribution in [0.15, 0.2) is 60.0 Å². The second-order valence-electron chi connectivity index (χ2n) is 5.98. The third-order valence-corrected chi connectivity index (χ3v) is 4.92. The molecule has 0 unspecified atom stereocenters. The van der Waals surface area contributed by atoms with Gasteiger partial charge in [-0.25, -0.2) is 9.78 Å². The summed E-state index contributed by atoms with van der Waals surface area (Å²) in [5, 5.41) is 5.10. The van der Waals surface area contributed by atoms with Gasteiger partial charge in [0.1, 0.15) is 10.8 Å². The van der Waals surface area contributed by atoms with E-state index in [4.69, 9.17) is 9.47 Å². The number of thiazole rings is 1. The highest BCUT2D eigenvalue weighted by Gasteiger charge is 2.21. The maximum absolute atomic E-state index is 12.3. The fourth-order valence-corrected chi connectivity index (χ4v) is 3.33. The van der Waals surface area contributed by atoms with E-state index in [1.54, 1.807) is 12.5 Å². The van der Waals surface area contributed by atoms with Crippen LogP contribution in [-0.2, 0) is 16.1 Å². The van der Waals surface area contributed by atoms with E-state index in [-0.39, 0.29) is 12.2 Å². The summed E-state index contributed by atoms with van der Waals surface area (Å²) >= 11 is 1.35. The van der Waals surface area contributed by atoms with Crippen molar-refractivity contribution in [1.29, 1.82) is 0 Å². The molecule has 7 heteroatoms. The predicted octanol–water partition coefficient (Wildman–Crippen LogP) is 3.68. The van der Waals surface area contributed by atoms with Gasteiger partial charge in [-0.15, -0.1) is 11.3 Å². The molecule has 3 rings (SSSR count). The molecular weight excluding hydrogens is 376 g/mol. The monoisotopic (exact) mass is 396 g/mol. The van der Waals surface area contributed by atoms with Crippen molar-refractivity contribution in [3.8, 4) is 16.3 Å². The van der Waals surface area contributed by atoms with E-state index in [1.165, 1.54) is 18.3 Å². The van der Waals surface area contributed by atoms with Gasteiger partial charge < -0.3 is 14.8 Å². The summed E-state index contributed by atoms with van der Waals surface area (Å²) in [6.07, 6.45) is -0.941. The van der Waals surface area contributed by atoms with Gasteiger partial charge in [0.25, 0.3) is 5.91 Å². The number of para-hydroxylation sites is 1. The van der Waals surface area contributed by atoms with E-state index in [1.807, 2.05) is 54.6 Å². The van der Waals surface area contributed by atoms with E-state index in [0.29, 0.717) is 5.75 Å². The summed E-state index contributed by atoms with van der Waals surface area (Å²) in [6.45, 7) is 1.81. The molecule has 1 heterocycles. The lowest BCUT2D eigenvalue weighted by molar-refractivity contribution is -0.129. The predicted molar refractivity (Wildman–Crippen MR) is 107 cm³/mol. The topological polar surface area (TPSA) is 77.5 Å². The molecule has 0 bridgehead atoms. The fourth-order valence-electron chi connectivity index (χ4n) is 2.53. The van der Waals surface area contributed by atoms with Crippen LogP contribution in [-0.4, -0.2) is 30.1 Å². The van der Waals surface area contributed by atoms with Crippen LogP contribution in [0.5, 0.6) is 5.75 Å². The van der Waals surface area contributed by atoms with Gasteiger partial charge in [-0.2, -0.15) is 0 Å². The van der Waals surface area contributed by atoms with Crippen molar-refractivity contribution in [2.24, 2.45) is 0 Å². The Kier molecular flexibility index (Phi) is 6.39. The number of aromatic nitrogens is 1. The molecule has 0 spiro atoms. The number of rotatable bonds is 7. The molecule has 1 aromatic heterocycles. The van der Waals surface area contributed by atoms with E-state index >= 15 is 0 Å². The van der Waals surface area contributed by atoms with Crippen LogP contribution in [0.4, 0.5) is 0 Å². The average Bonchev–Trinajstić information content (AvgIpc) is 3.23. The molecule has 1 N–H and O–H groups in total. The number of ether oxygens (including phenoxy) is 2. The minimum Gasteiger partial charge on any atom is -0.496 e. The van der Waals surface area contributed by atoms with Gasteiger partial charge >= 0.3 is 5.97 Å². The number of hydrogen-bond donors (Lipinski definition) is 1. The highest BCUT2D eigenvalue weighted by Crippen LogP contribution is 2.23. The summed E-state index contributed by atoms with van der Waals surface area (Å²) in [5.41, 5.74) is 1.95. The fraction of sp³-hybridized carbons (Fsp3) is 0.190. The van der Waals surface area contributed by atoms with Crippen molar-refractivity contribution in [1.82, 2.24) is 10.3 Å². The lowest BCUT2D eigenvalue weighted by Gasteiger charge is -2.14. The van der Waals surface area contributed by atoms with Gasteiger partial charge in [-0.3, -0.25) is 4.79 Å². The molecule has 0 aliphatic heterocycles. The Morgan fingerprint density at radius 2 is 1.82 bits per heavy atom. The second-order valence-corrected chi connectivity index (χ2v) is 6.84. The van der Waals surface area contributed by atoms with Crippen LogP contribution in [0.25, 0.3) is 10.6 Å². The first-order chi connectivity index (χ1) is 13.6. The van der Waals surface area contributed by atoms with E-state index in [2.05, 4.69) is 10.3 Å². The quantitative estimate of drug-likeness (QED) is 0.617.